The van der Waals surface area contributed by atoms with Crippen LogP contribution in [-0.2, 0) is 4.74 Å². The van der Waals surface area contributed by atoms with E-state index >= 15 is 0 Å². The van der Waals surface area contributed by atoms with Gasteiger partial charge < -0.3 is 10.1 Å². The van der Waals surface area contributed by atoms with Gasteiger partial charge in [0.15, 0.2) is 0 Å². The highest BCUT2D eigenvalue weighted by molar-refractivity contribution is 6.35. The van der Waals surface area contributed by atoms with Crippen molar-refractivity contribution in [2.75, 3.05) is 11.9 Å². The maximum atomic E-state index is 6.26. The molecule has 0 bridgehead atoms. The van der Waals surface area contributed by atoms with E-state index < -0.39 is 0 Å². The van der Waals surface area contributed by atoms with Crippen molar-refractivity contribution in [3.63, 3.8) is 0 Å². The van der Waals surface area contributed by atoms with Crippen LogP contribution in [-0.4, -0.2) is 18.2 Å². The largest absolute Gasteiger partial charge is 0.382 e. The van der Waals surface area contributed by atoms with Crippen LogP contribution in [0.1, 0.15) is 38.5 Å². The fraction of sp³-hybridized carbons (Fsp3) is 0.600. The number of nitrogens with one attached hydrogen (secondary N) is 1. The van der Waals surface area contributed by atoms with Gasteiger partial charge in [-0.25, -0.2) is 0 Å². The summed E-state index contributed by atoms with van der Waals surface area (Å²) in [7, 11) is 0. The first kappa shape index (κ1) is 13.5. The predicted octanol–water partition coefficient (Wildman–Crippen LogP) is 4.90. The molecule has 3 rings (SSSR count). The Labute approximate surface area is 124 Å². The third-order valence-corrected chi connectivity index (χ3v) is 4.69. The van der Waals surface area contributed by atoms with Gasteiger partial charge in [-0.1, -0.05) is 36.0 Å². The minimum Gasteiger partial charge on any atom is -0.382 e. The van der Waals surface area contributed by atoms with Gasteiger partial charge in [0.05, 0.1) is 11.7 Å². The summed E-state index contributed by atoms with van der Waals surface area (Å²) in [6.45, 7) is 0.832. The van der Waals surface area contributed by atoms with E-state index in [4.69, 9.17) is 27.9 Å². The number of halogens is 2. The van der Waals surface area contributed by atoms with Crippen LogP contribution in [0.3, 0.4) is 0 Å². The van der Waals surface area contributed by atoms with Gasteiger partial charge in [-0.3, -0.25) is 0 Å². The normalized spacial score (nSPS) is 25.1. The molecule has 4 heteroatoms. The Morgan fingerprint density at radius 3 is 2.47 bits per heavy atom. The highest BCUT2D eigenvalue weighted by Crippen LogP contribution is 2.43. The molecule has 1 aliphatic heterocycles. The molecule has 1 atom stereocenters. The lowest BCUT2D eigenvalue weighted by Crippen LogP contribution is -2.27. The average molecular weight is 300 g/mol. The predicted molar refractivity (Wildman–Crippen MR) is 80.3 cm³/mol. The minimum absolute atomic E-state index is 0.207. The topological polar surface area (TPSA) is 21.3 Å². The Kier molecular flexibility index (Phi) is 3.93. The third-order valence-electron chi connectivity index (χ3n) is 4.25. The van der Waals surface area contributed by atoms with Gasteiger partial charge in [-0.15, -0.1) is 0 Å². The van der Waals surface area contributed by atoms with Crippen LogP contribution in [0.5, 0.6) is 0 Å². The molecular formula is C15H19Cl2NO. The van der Waals surface area contributed by atoms with Gasteiger partial charge in [0, 0.05) is 22.3 Å². The van der Waals surface area contributed by atoms with Crippen LogP contribution in [0.4, 0.5) is 5.69 Å². The van der Waals surface area contributed by atoms with E-state index in [1.165, 1.54) is 32.1 Å². The second-order valence-corrected chi connectivity index (χ2v) is 6.58. The average Bonchev–Trinajstić information content (AvgIpc) is 2.97. The van der Waals surface area contributed by atoms with Gasteiger partial charge in [-0.2, -0.15) is 0 Å². The van der Waals surface area contributed by atoms with Gasteiger partial charge in [-0.05, 0) is 43.9 Å². The molecule has 1 heterocycles. The molecule has 1 unspecified atom stereocenters. The molecule has 1 aromatic rings. The van der Waals surface area contributed by atoms with Crippen molar-refractivity contribution in [3.05, 3.63) is 28.2 Å². The van der Waals surface area contributed by atoms with E-state index in [-0.39, 0.29) is 5.60 Å². The molecule has 1 aromatic carbocycles. The Morgan fingerprint density at radius 1 is 1.11 bits per heavy atom. The lowest BCUT2D eigenvalue weighted by atomic mass is 9.98. The summed E-state index contributed by atoms with van der Waals surface area (Å²) < 4.78 is 6.26. The summed E-state index contributed by atoms with van der Waals surface area (Å²) in [6.07, 6.45) is 7.82. The molecular weight excluding hydrogens is 281 g/mol. The van der Waals surface area contributed by atoms with E-state index in [2.05, 4.69) is 5.32 Å². The van der Waals surface area contributed by atoms with Crippen molar-refractivity contribution in [2.45, 2.75) is 50.2 Å². The van der Waals surface area contributed by atoms with E-state index in [0.29, 0.717) is 16.1 Å². The monoisotopic (exact) mass is 299 g/mol. The molecule has 1 saturated heterocycles. The molecule has 2 aliphatic rings. The van der Waals surface area contributed by atoms with Gasteiger partial charge in [0.1, 0.15) is 0 Å². The molecule has 2 fully saturated rings. The van der Waals surface area contributed by atoms with E-state index in [9.17, 15) is 0 Å². The number of anilines is 1. The van der Waals surface area contributed by atoms with Crippen LogP contribution in [0, 0.1) is 0 Å². The Bertz CT molecular complexity index is 437. The van der Waals surface area contributed by atoms with Gasteiger partial charge >= 0.3 is 0 Å². The molecule has 104 valence electrons. The molecule has 1 aliphatic carbocycles. The van der Waals surface area contributed by atoms with Gasteiger partial charge in [0.25, 0.3) is 0 Å². The first-order valence-electron chi connectivity index (χ1n) is 7.03. The quantitative estimate of drug-likeness (QED) is 0.857. The van der Waals surface area contributed by atoms with Crippen molar-refractivity contribution in [1.82, 2.24) is 0 Å². The maximum absolute atomic E-state index is 6.26. The van der Waals surface area contributed by atoms with E-state index in [1.54, 1.807) is 6.07 Å². The molecule has 0 amide bonds. The van der Waals surface area contributed by atoms with Crippen LogP contribution >= 0.6 is 23.2 Å². The lowest BCUT2D eigenvalue weighted by molar-refractivity contribution is -0.0307. The number of ether oxygens (including phenoxy) is 1. The second-order valence-electron chi connectivity index (χ2n) is 5.71. The zero-order chi connectivity index (χ0) is 13.3. The minimum atomic E-state index is 0.207. The first-order chi connectivity index (χ1) is 9.15. The van der Waals surface area contributed by atoms with Crippen molar-refractivity contribution >= 4 is 28.9 Å². The van der Waals surface area contributed by atoms with E-state index in [1.807, 2.05) is 12.1 Å². The van der Waals surface area contributed by atoms with Crippen molar-refractivity contribution < 1.29 is 4.74 Å². The van der Waals surface area contributed by atoms with Gasteiger partial charge in [0.2, 0.25) is 0 Å². The standard InChI is InChI=1S/C15H19Cl2NO/c16-11-7-12(17)9-13(8-11)18-10-14-3-6-15(19-14)4-1-2-5-15/h7-9,14,18H,1-6,10H2. The van der Waals surface area contributed by atoms with Crippen LogP contribution in [0.25, 0.3) is 0 Å². The SMILES string of the molecule is Clc1cc(Cl)cc(NCC2CCC3(CCCC3)O2)c1. The van der Waals surface area contributed by atoms with Crippen LogP contribution < -0.4 is 5.32 Å². The molecule has 1 saturated carbocycles. The highest BCUT2D eigenvalue weighted by Gasteiger charge is 2.41. The van der Waals surface area contributed by atoms with E-state index in [0.717, 1.165) is 18.7 Å². The second kappa shape index (κ2) is 5.51. The molecule has 0 aromatic heterocycles. The van der Waals surface area contributed by atoms with Crippen molar-refractivity contribution in [3.8, 4) is 0 Å². The fourth-order valence-corrected chi connectivity index (χ4v) is 3.84. The highest BCUT2D eigenvalue weighted by atomic mass is 35.5. The summed E-state index contributed by atoms with van der Waals surface area (Å²) in [5.74, 6) is 0. The Hall–Kier alpha value is -0.440. The zero-order valence-electron chi connectivity index (χ0n) is 10.9. The number of benzene rings is 1. The Balaban J connectivity index is 1.55. The summed E-state index contributed by atoms with van der Waals surface area (Å²) in [5.41, 5.74) is 1.17. The van der Waals surface area contributed by atoms with Crippen LogP contribution in [0.2, 0.25) is 10.0 Å². The van der Waals surface area contributed by atoms with Crippen molar-refractivity contribution in [2.24, 2.45) is 0 Å². The zero-order valence-corrected chi connectivity index (χ0v) is 12.4. The smallest absolute Gasteiger partial charge is 0.0756 e. The molecule has 19 heavy (non-hydrogen) atoms. The molecule has 1 spiro atoms. The summed E-state index contributed by atoms with van der Waals surface area (Å²) in [6, 6.07) is 5.54. The molecule has 0 radical (unpaired) electrons. The number of hydrogen-bond donors (Lipinski definition) is 1. The number of hydrogen-bond acceptors (Lipinski definition) is 2. The number of rotatable bonds is 3. The lowest BCUT2D eigenvalue weighted by Gasteiger charge is -2.24. The summed E-state index contributed by atoms with van der Waals surface area (Å²) in [5, 5.41) is 4.70. The third kappa shape index (κ3) is 3.18. The molecule has 1 N–H and O–H groups in total. The Morgan fingerprint density at radius 2 is 1.79 bits per heavy atom. The molecule has 2 nitrogen and oxygen atoms in total. The maximum Gasteiger partial charge on any atom is 0.0756 e. The summed E-state index contributed by atoms with van der Waals surface area (Å²) >= 11 is 12.0. The summed E-state index contributed by atoms with van der Waals surface area (Å²) in [4.78, 5) is 0. The first-order valence-corrected chi connectivity index (χ1v) is 7.79. The van der Waals surface area contributed by atoms with Crippen molar-refractivity contribution in [1.29, 1.82) is 0 Å². The fourth-order valence-electron chi connectivity index (χ4n) is 3.31. The van der Waals surface area contributed by atoms with Crippen LogP contribution in [0.15, 0.2) is 18.2 Å².